The van der Waals surface area contributed by atoms with E-state index in [1.807, 2.05) is 6.92 Å². The molecule has 3 atom stereocenters. The van der Waals surface area contributed by atoms with Crippen LogP contribution in [0.1, 0.15) is 122 Å². The molecule has 236 valence electrons. The summed E-state index contributed by atoms with van der Waals surface area (Å²) in [4.78, 5) is 37.4. The molecule has 2 rings (SSSR count). The number of carbonyl (C=O) groups is 3. The van der Waals surface area contributed by atoms with Crippen LogP contribution in [0.2, 0.25) is 0 Å². The van der Waals surface area contributed by atoms with Crippen molar-refractivity contribution >= 4 is 17.5 Å². The van der Waals surface area contributed by atoms with Gasteiger partial charge in [-0.25, -0.2) is 0 Å². The fourth-order valence-corrected chi connectivity index (χ4v) is 5.50. The molecular weight excluding hydrogens is 534 g/mol. The second-order valence-electron chi connectivity index (χ2n) is 12.0. The van der Waals surface area contributed by atoms with Gasteiger partial charge < -0.3 is 25.7 Å². The Kier molecular flexibility index (Phi) is 17.1. The molecule has 5 N–H and O–H groups in total. The van der Waals surface area contributed by atoms with Gasteiger partial charge in [-0.3, -0.25) is 14.4 Å². The molecule has 1 fully saturated rings. The number of rotatable bonds is 23. The van der Waals surface area contributed by atoms with Crippen molar-refractivity contribution in [2.45, 2.75) is 135 Å². The highest BCUT2D eigenvalue weighted by atomic mass is 16.3. The highest BCUT2D eigenvalue weighted by Gasteiger charge is 2.39. The number of aliphatic hydroxyl groups is 3. The second kappa shape index (κ2) is 20.2. The Morgan fingerprint density at radius 2 is 1.31 bits per heavy atom. The SMILES string of the molecule is C[C@@H](CCCCCCCCC(=O)CCCCCCCCC[C@H](O)CO)/C(O)=C1/C(=O)N[C@@H](Cc2ccc(O)cc2)C1=O. The summed E-state index contributed by atoms with van der Waals surface area (Å²) in [5.74, 6) is -0.800. The molecule has 42 heavy (non-hydrogen) atoms. The molecule has 0 bridgehead atoms. The van der Waals surface area contributed by atoms with E-state index in [1.165, 1.54) is 12.1 Å². The maximum absolute atomic E-state index is 12.8. The second-order valence-corrected chi connectivity index (χ2v) is 12.0. The third-order valence-corrected chi connectivity index (χ3v) is 8.24. The highest BCUT2D eigenvalue weighted by molar-refractivity contribution is 6.27. The molecule has 1 amide bonds. The van der Waals surface area contributed by atoms with Gasteiger partial charge in [0.15, 0.2) is 5.78 Å². The van der Waals surface area contributed by atoms with E-state index in [2.05, 4.69) is 5.32 Å². The summed E-state index contributed by atoms with van der Waals surface area (Å²) in [6.45, 7) is 1.69. The average Bonchev–Trinajstić information content (AvgIpc) is 3.25. The topological polar surface area (TPSA) is 144 Å². The van der Waals surface area contributed by atoms with E-state index in [0.29, 0.717) is 37.9 Å². The van der Waals surface area contributed by atoms with Crippen molar-refractivity contribution in [3.05, 3.63) is 41.2 Å². The minimum atomic E-state index is -0.709. The minimum absolute atomic E-state index is 0.122. The molecule has 1 aliphatic heterocycles. The van der Waals surface area contributed by atoms with Gasteiger partial charge in [0.1, 0.15) is 22.9 Å². The lowest BCUT2D eigenvalue weighted by molar-refractivity contribution is -0.119. The molecule has 0 radical (unpaired) electrons. The molecular formula is C34H53NO7. The lowest BCUT2D eigenvalue weighted by Crippen LogP contribution is -2.31. The van der Waals surface area contributed by atoms with E-state index in [0.717, 1.165) is 89.0 Å². The molecule has 0 unspecified atom stereocenters. The number of hydrogen-bond donors (Lipinski definition) is 5. The number of benzene rings is 1. The highest BCUT2D eigenvalue weighted by Crippen LogP contribution is 2.25. The van der Waals surface area contributed by atoms with Gasteiger partial charge in [0, 0.05) is 25.2 Å². The average molecular weight is 588 g/mol. The smallest absolute Gasteiger partial charge is 0.259 e. The number of ketones is 2. The normalized spacial score (nSPS) is 17.7. The van der Waals surface area contributed by atoms with Crippen LogP contribution in [0.5, 0.6) is 5.75 Å². The summed E-state index contributed by atoms with van der Waals surface area (Å²) in [5.41, 5.74) is 0.694. The molecule has 8 heteroatoms. The Bertz CT molecular complexity index is 988. The lowest BCUT2D eigenvalue weighted by atomic mass is 9.94. The van der Waals surface area contributed by atoms with Gasteiger partial charge in [-0.15, -0.1) is 0 Å². The number of allylic oxidation sites excluding steroid dienone is 1. The lowest BCUT2D eigenvalue weighted by Gasteiger charge is -2.12. The van der Waals surface area contributed by atoms with E-state index < -0.39 is 18.1 Å². The first-order chi connectivity index (χ1) is 20.2. The van der Waals surface area contributed by atoms with E-state index >= 15 is 0 Å². The molecule has 0 spiro atoms. The maximum atomic E-state index is 12.8. The predicted molar refractivity (Wildman–Crippen MR) is 164 cm³/mol. The van der Waals surface area contributed by atoms with Gasteiger partial charge in [-0.2, -0.15) is 0 Å². The minimum Gasteiger partial charge on any atom is -0.511 e. The summed E-state index contributed by atoms with van der Waals surface area (Å²) >= 11 is 0. The van der Waals surface area contributed by atoms with Gasteiger partial charge in [0.2, 0.25) is 0 Å². The molecule has 0 aliphatic carbocycles. The Balaban J connectivity index is 1.49. The van der Waals surface area contributed by atoms with Crippen LogP contribution in [0, 0.1) is 5.92 Å². The standard InChI is InChI=1S/C34H53NO7/c1-25(32(40)31-33(41)30(35-34(31)42)23-26-19-21-28(38)22-20-26)15-11-7-5-6-9-13-17-27(37)16-12-8-3-2-4-10-14-18-29(39)24-36/h19-22,25,29-30,36,38-40H,2-18,23-24H2,1H3,(H,35,42)/b32-31-/t25-,29-,30-/m0/s1. The fraction of sp³-hybridized carbons (Fsp3) is 0.676. The van der Waals surface area contributed by atoms with Crippen molar-refractivity contribution < 1.29 is 34.8 Å². The molecule has 8 nitrogen and oxygen atoms in total. The van der Waals surface area contributed by atoms with Gasteiger partial charge >= 0.3 is 0 Å². The molecule has 1 aromatic carbocycles. The number of nitrogens with one attached hydrogen (secondary N) is 1. The van der Waals surface area contributed by atoms with Crippen LogP contribution in [-0.4, -0.2) is 56.7 Å². The van der Waals surface area contributed by atoms with Gasteiger partial charge in [0.05, 0.1) is 18.8 Å². The quantitative estimate of drug-likeness (QED) is 0.0457. The van der Waals surface area contributed by atoms with E-state index in [1.54, 1.807) is 12.1 Å². The summed E-state index contributed by atoms with van der Waals surface area (Å²) in [6.07, 6.45) is 16.0. The van der Waals surface area contributed by atoms with Crippen molar-refractivity contribution in [2.75, 3.05) is 6.61 Å². The number of phenols is 1. The molecule has 1 aromatic rings. The number of carbonyl (C=O) groups excluding carboxylic acids is 3. The Hall–Kier alpha value is -2.71. The number of phenolic OH excluding ortho intramolecular Hbond substituents is 1. The largest absolute Gasteiger partial charge is 0.511 e. The van der Waals surface area contributed by atoms with Crippen molar-refractivity contribution in [3.63, 3.8) is 0 Å². The number of aliphatic hydroxyl groups excluding tert-OH is 3. The fourth-order valence-electron chi connectivity index (χ4n) is 5.50. The summed E-state index contributed by atoms with van der Waals surface area (Å²) < 4.78 is 0. The number of amides is 1. The number of hydrogen-bond acceptors (Lipinski definition) is 7. The first-order valence-corrected chi connectivity index (χ1v) is 16.1. The molecule has 1 aliphatic rings. The van der Waals surface area contributed by atoms with Crippen LogP contribution in [0.25, 0.3) is 0 Å². The van der Waals surface area contributed by atoms with Crippen LogP contribution in [0.3, 0.4) is 0 Å². The Morgan fingerprint density at radius 3 is 1.86 bits per heavy atom. The van der Waals surface area contributed by atoms with Crippen molar-refractivity contribution in [1.82, 2.24) is 5.32 Å². The van der Waals surface area contributed by atoms with Gasteiger partial charge in [-0.1, -0.05) is 89.7 Å². The maximum Gasteiger partial charge on any atom is 0.259 e. The van der Waals surface area contributed by atoms with Crippen LogP contribution in [0.15, 0.2) is 35.6 Å². The van der Waals surface area contributed by atoms with E-state index in [4.69, 9.17) is 5.11 Å². The first kappa shape index (κ1) is 35.5. The molecule has 0 aromatic heterocycles. The Labute approximate surface area is 251 Å². The Morgan fingerprint density at radius 1 is 0.810 bits per heavy atom. The predicted octanol–water partition coefficient (Wildman–Crippen LogP) is 6.00. The summed E-state index contributed by atoms with van der Waals surface area (Å²) in [6, 6.07) is 5.79. The van der Waals surface area contributed by atoms with Crippen molar-refractivity contribution in [3.8, 4) is 5.75 Å². The summed E-state index contributed by atoms with van der Waals surface area (Å²) in [5, 5.41) is 40.9. The monoisotopic (exact) mass is 587 g/mol. The molecule has 1 heterocycles. The van der Waals surface area contributed by atoms with Crippen molar-refractivity contribution in [2.24, 2.45) is 5.92 Å². The van der Waals surface area contributed by atoms with E-state index in [-0.39, 0.29) is 35.4 Å². The molecule has 0 saturated carbocycles. The molecule has 1 saturated heterocycles. The zero-order valence-electron chi connectivity index (χ0n) is 25.5. The first-order valence-electron chi connectivity index (χ1n) is 16.1. The number of Topliss-reactive ketones (excluding diaryl/α,β-unsaturated/α-hetero) is 2. The van der Waals surface area contributed by atoms with Gasteiger partial charge in [0.25, 0.3) is 5.91 Å². The third kappa shape index (κ3) is 13.5. The third-order valence-electron chi connectivity index (χ3n) is 8.24. The number of unbranched alkanes of at least 4 members (excludes halogenated alkanes) is 11. The van der Waals surface area contributed by atoms with Crippen molar-refractivity contribution in [1.29, 1.82) is 0 Å². The van der Waals surface area contributed by atoms with Crippen LogP contribution in [-0.2, 0) is 20.8 Å². The van der Waals surface area contributed by atoms with Gasteiger partial charge in [-0.05, 0) is 43.4 Å². The van der Waals surface area contributed by atoms with Crippen LogP contribution < -0.4 is 5.32 Å². The summed E-state index contributed by atoms with van der Waals surface area (Å²) in [7, 11) is 0. The van der Waals surface area contributed by atoms with E-state index in [9.17, 15) is 29.7 Å². The van der Waals surface area contributed by atoms with Crippen LogP contribution >= 0.6 is 0 Å². The van der Waals surface area contributed by atoms with Crippen LogP contribution in [0.4, 0.5) is 0 Å². The zero-order chi connectivity index (χ0) is 30.7. The zero-order valence-corrected chi connectivity index (χ0v) is 25.5. The number of aromatic hydroxyl groups is 1.